The number of fused-ring (bicyclic) bond motifs is 10. The van der Waals surface area contributed by atoms with Gasteiger partial charge in [0.2, 0.25) is 0 Å². The second-order valence-electron chi connectivity index (χ2n) is 14.2. The van der Waals surface area contributed by atoms with Crippen LogP contribution in [0.2, 0.25) is 0 Å². The molecular weight excluding hydrogens is 661 g/mol. The van der Waals surface area contributed by atoms with Crippen molar-refractivity contribution in [3.05, 3.63) is 159 Å². The van der Waals surface area contributed by atoms with Crippen LogP contribution < -0.4 is 0 Å². The minimum Gasteiger partial charge on any atom is -0.275 e. The molecule has 6 heteroatoms. The van der Waals surface area contributed by atoms with Crippen LogP contribution in [0.25, 0.3) is 109 Å². The summed E-state index contributed by atoms with van der Waals surface area (Å²) >= 11 is 0. The molecule has 0 amide bonds. The fourth-order valence-electron chi connectivity index (χ4n) is 8.41. The molecule has 0 aliphatic carbocycles. The quantitative estimate of drug-likeness (QED) is 0.136. The molecule has 54 heavy (non-hydrogen) atoms. The van der Waals surface area contributed by atoms with Crippen molar-refractivity contribution < 1.29 is 0 Å². The highest BCUT2D eigenvalue weighted by Gasteiger charge is 2.19. The number of benzene rings is 7. The molecule has 4 aromatic heterocycles. The zero-order valence-electron chi connectivity index (χ0n) is 29.7. The summed E-state index contributed by atoms with van der Waals surface area (Å²) < 4.78 is 3.84. The molecule has 0 bridgehead atoms. The van der Waals surface area contributed by atoms with E-state index in [0.29, 0.717) is 0 Å². The molecule has 0 radical (unpaired) electrons. The number of nitrogens with zero attached hydrogens (tertiary/aromatic N) is 6. The maximum Gasteiger partial charge on any atom is 0.101 e. The van der Waals surface area contributed by atoms with E-state index in [-0.39, 0.29) is 0 Å². The van der Waals surface area contributed by atoms with Gasteiger partial charge in [0.05, 0.1) is 0 Å². The van der Waals surface area contributed by atoms with Crippen molar-refractivity contribution in [2.75, 3.05) is 0 Å². The van der Waals surface area contributed by atoms with Crippen LogP contribution in [-0.2, 0) is 14.1 Å². The minimum absolute atomic E-state index is 1.01. The maximum atomic E-state index is 5.04. The lowest BCUT2D eigenvalue weighted by Gasteiger charge is -2.16. The van der Waals surface area contributed by atoms with E-state index in [4.69, 9.17) is 10.2 Å². The average Bonchev–Trinajstić information content (AvgIpc) is 3.81. The first-order chi connectivity index (χ1) is 26.6. The topological polar surface area (TPSA) is 61.4 Å². The lowest BCUT2D eigenvalue weighted by atomic mass is 9.87. The summed E-state index contributed by atoms with van der Waals surface area (Å²) in [7, 11) is 4.00. The van der Waals surface area contributed by atoms with Gasteiger partial charge in [-0.25, -0.2) is 0 Å². The van der Waals surface area contributed by atoms with Crippen molar-refractivity contribution in [3.63, 3.8) is 0 Å². The molecule has 254 valence electrons. The number of rotatable bonds is 4. The van der Waals surface area contributed by atoms with Crippen molar-refractivity contribution in [3.8, 4) is 44.5 Å². The highest BCUT2D eigenvalue weighted by Crippen LogP contribution is 2.44. The molecular formula is C48H32N6. The van der Waals surface area contributed by atoms with Gasteiger partial charge in [-0.05, 0) is 113 Å². The van der Waals surface area contributed by atoms with Gasteiger partial charge in [-0.1, -0.05) is 84.9 Å². The first-order valence-corrected chi connectivity index (χ1v) is 18.1. The Hall–Kier alpha value is -7.18. The monoisotopic (exact) mass is 692 g/mol. The predicted molar refractivity (Wildman–Crippen MR) is 222 cm³/mol. The Balaban J connectivity index is 1.21. The lowest BCUT2D eigenvalue weighted by molar-refractivity contribution is 0.780. The zero-order valence-corrected chi connectivity index (χ0v) is 29.7. The van der Waals surface area contributed by atoms with Crippen molar-refractivity contribution in [1.29, 1.82) is 0 Å². The molecule has 0 saturated heterocycles. The number of aryl methyl sites for hydroxylation is 2. The van der Waals surface area contributed by atoms with Crippen LogP contribution in [0.3, 0.4) is 0 Å². The highest BCUT2D eigenvalue weighted by atomic mass is 15.2. The zero-order chi connectivity index (χ0) is 35.9. The molecule has 0 aliphatic rings. The van der Waals surface area contributed by atoms with Gasteiger partial charge >= 0.3 is 0 Å². The van der Waals surface area contributed by atoms with E-state index in [1.165, 1.54) is 43.4 Å². The van der Waals surface area contributed by atoms with E-state index in [9.17, 15) is 0 Å². The first-order valence-electron chi connectivity index (χ1n) is 18.1. The van der Waals surface area contributed by atoms with Crippen molar-refractivity contribution >= 4 is 64.9 Å². The van der Waals surface area contributed by atoms with E-state index in [2.05, 4.69) is 132 Å². The molecule has 4 heterocycles. The first kappa shape index (κ1) is 30.4. The van der Waals surface area contributed by atoms with Crippen molar-refractivity contribution in [2.24, 2.45) is 14.1 Å². The molecule has 0 spiro atoms. The number of hydrogen-bond acceptors (Lipinski definition) is 4. The Kier molecular flexibility index (Phi) is 6.58. The Morgan fingerprint density at radius 1 is 0.389 bits per heavy atom. The molecule has 0 N–H and O–H groups in total. The van der Waals surface area contributed by atoms with Gasteiger partial charge in [-0.2, -0.15) is 10.2 Å². The van der Waals surface area contributed by atoms with Gasteiger partial charge in [0, 0.05) is 72.8 Å². The third kappa shape index (κ3) is 4.73. The summed E-state index contributed by atoms with van der Waals surface area (Å²) in [6.45, 7) is 0. The van der Waals surface area contributed by atoms with Gasteiger partial charge in [0.25, 0.3) is 0 Å². The lowest BCUT2D eigenvalue weighted by Crippen LogP contribution is -1.91. The SMILES string of the molecule is Cn1cc2ccc3c(-c4ccc(-c5cccnc5)cc4)cc4cc5c(cc(-c6ccc(-c7cccnc7)cc6)c6ccc7cn(C)nc7c65)cc4c3c2n1. The van der Waals surface area contributed by atoms with Crippen LogP contribution in [0.5, 0.6) is 0 Å². The van der Waals surface area contributed by atoms with Crippen molar-refractivity contribution in [1.82, 2.24) is 29.5 Å². The summed E-state index contributed by atoms with van der Waals surface area (Å²) in [5, 5.41) is 21.7. The summed E-state index contributed by atoms with van der Waals surface area (Å²) in [5.74, 6) is 0. The summed E-state index contributed by atoms with van der Waals surface area (Å²) in [4.78, 5) is 8.67. The molecule has 11 aromatic rings. The Bertz CT molecular complexity index is 3030. The van der Waals surface area contributed by atoms with E-state index in [0.717, 1.165) is 66.0 Å². The Morgan fingerprint density at radius 2 is 0.815 bits per heavy atom. The van der Waals surface area contributed by atoms with Crippen LogP contribution in [-0.4, -0.2) is 29.5 Å². The Morgan fingerprint density at radius 3 is 1.22 bits per heavy atom. The molecule has 0 aliphatic heterocycles. The van der Waals surface area contributed by atoms with Gasteiger partial charge in [-0.15, -0.1) is 0 Å². The van der Waals surface area contributed by atoms with Crippen LogP contribution in [0.4, 0.5) is 0 Å². The van der Waals surface area contributed by atoms with Crippen LogP contribution in [0.1, 0.15) is 0 Å². The van der Waals surface area contributed by atoms with E-state index in [1.807, 2.05) is 60.4 Å². The van der Waals surface area contributed by atoms with Gasteiger partial charge in [0.1, 0.15) is 11.0 Å². The maximum absolute atomic E-state index is 5.04. The van der Waals surface area contributed by atoms with Gasteiger partial charge < -0.3 is 0 Å². The molecule has 0 unspecified atom stereocenters. The van der Waals surface area contributed by atoms with Gasteiger partial charge in [0.15, 0.2) is 0 Å². The van der Waals surface area contributed by atoms with Crippen LogP contribution in [0.15, 0.2) is 159 Å². The smallest absolute Gasteiger partial charge is 0.101 e. The highest BCUT2D eigenvalue weighted by molar-refractivity contribution is 6.29. The average molecular weight is 693 g/mol. The number of pyridine rings is 2. The summed E-state index contributed by atoms with van der Waals surface area (Å²) in [6.07, 6.45) is 11.7. The third-order valence-corrected chi connectivity index (χ3v) is 10.9. The molecule has 0 saturated carbocycles. The fraction of sp³-hybridized carbons (Fsp3) is 0.0417. The molecule has 0 atom stereocenters. The third-order valence-electron chi connectivity index (χ3n) is 10.9. The van der Waals surface area contributed by atoms with Crippen LogP contribution >= 0.6 is 0 Å². The standard InChI is InChI=1S/C48H32N6/c1-53-27-35-15-17-39-41(31-11-7-29(8-12-31)33-5-3-19-49-25-33)21-37-24-44-38(23-43(37)45(39)47(35)51-53)22-42(40-18-16-36-28-54(2)52-48(36)46(40)44)32-13-9-30(10-14-32)34-6-4-20-50-26-34/h3-28H,1-2H3. The second-order valence-corrected chi connectivity index (χ2v) is 14.2. The van der Waals surface area contributed by atoms with E-state index >= 15 is 0 Å². The Labute approximate surface area is 310 Å². The molecule has 6 nitrogen and oxygen atoms in total. The van der Waals surface area contributed by atoms with E-state index in [1.54, 1.807) is 0 Å². The largest absolute Gasteiger partial charge is 0.275 e. The summed E-state index contributed by atoms with van der Waals surface area (Å²) in [6, 6.07) is 44.2. The normalized spacial score (nSPS) is 11.9. The number of aromatic nitrogens is 6. The summed E-state index contributed by atoms with van der Waals surface area (Å²) in [5.41, 5.74) is 11.2. The fourth-order valence-corrected chi connectivity index (χ4v) is 8.41. The van der Waals surface area contributed by atoms with Crippen LogP contribution in [0, 0.1) is 0 Å². The number of hydrogen-bond donors (Lipinski definition) is 0. The van der Waals surface area contributed by atoms with Crippen molar-refractivity contribution in [2.45, 2.75) is 0 Å². The van der Waals surface area contributed by atoms with Gasteiger partial charge in [-0.3, -0.25) is 19.3 Å². The minimum atomic E-state index is 1.01. The predicted octanol–water partition coefficient (Wildman–Crippen LogP) is 11.5. The molecule has 0 fully saturated rings. The molecule has 11 rings (SSSR count). The van der Waals surface area contributed by atoms with E-state index < -0.39 is 0 Å². The molecule has 7 aromatic carbocycles. The second kappa shape index (κ2) is 11.7.